The highest BCUT2D eigenvalue weighted by Crippen LogP contribution is 2.39. The predicted molar refractivity (Wildman–Crippen MR) is 120 cm³/mol. The molecule has 0 spiro atoms. The lowest BCUT2D eigenvalue weighted by Gasteiger charge is -2.35. The summed E-state index contributed by atoms with van der Waals surface area (Å²) in [5.41, 5.74) is 2.49. The van der Waals surface area contributed by atoms with Gasteiger partial charge in [-0.3, -0.25) is 14.6 Å². The molecular weight excluding hydrogens is 394 g/mol. The molecule has 7 heteroatoms. The van der Waals surface area contributed by atoms with E-state index in [2.05, 4.69) is 4.90 Å². The first-order chi connectivity index (χ1) is 14.7. The van der Waals surface area contributed by atoms with Gasteiger partial charge in [0, 0.05) is 31.7 Å². The number of carbonyl (C=O) groups excluding carboxylic acids is 1. The van der Waals surface area contributed by atoms with Crippen molar-refractivity contribution in [2.24, 2.45) is 5.92 Å². The summed E-state index contributed by atoms with van der Waals surface area (Å²) < 4.78 is 6.14. The molecule has 0 aromatic heterocycles. The second kappa shape index (κ2) is 8.69. The van der Waals surface area contributed by atoms with Crippen molar-refractivity contribution in [1.29, 1.82) is 0 Å². The highest BCUT2D eigenvalue weighted by molar-refractivity contribution is 5.89. The largest absolute Gasteiger partial charge is 0.492 e. The highest BCUT2D eigenvalue weighted by atomic mass is 16.5. The number of fused-ring (bicyclic) bond motifs is 1. The van der Waals surface area contributed by atoms with Crippen LogP contribution in [0.4, 0.5) is 10.5 Å². The van der Waals surface area contributed by atoms with E-state index in [0.717, 1.165) is 73.9 Å². The summed E-state index contributed by atoms with van der Waals surface area (Å²) in [6, 6.07) is 3.80. The Morgan fingerprint density at radius 3 is 2.58 bits per heavy atom. The third-order valence-electron chi connectivity index (χ3n) is 6.56. The van der Waals surface area contributed by atoms with Crippen molar-refractivity contribution < 1.29 is 19.4 Å². The molecule has 0 bridgehead atoms. The zero-order valence-corrected chi connectivity index (χ0v) is 19.0. The molecule has 1 aromatic rings. The zero-order valence-electron chi connectivity index (χ0n) is 19.0. The van der Waals surface area contributed by atoms with Crippen LogP contribution in [0.15, 0.2) is 12.1 Å². The van der Waals surface area contributed by atoms with E-state index < -0.39 is 11.6 Å². The predicted octanol–water partition coefficient (Wildman–Crippen LogP) is 3.39. The highest BCUT2D eigenvalue weighted by Gasteiger charge is 2.33. The monoisotopic (exact) mass is 429 g/mol. The second-order valence-electron chi connectivity index (χ2n) is 10.1. The number of carbonyl (C=O) groups is 2. The fourth-order valence-corrected chi connectivity index (χ4v) is 4.79. The third kappa shape index (κ3) is 4.97. The van der Waals surface area contributed by atoms with Gasteiger partial charge in [-0.25, -0.2) is 4.79 Å². The Morgan fingerprint density at radius 1 is 1.19 bits per heavy atom. The van der Waals surface area contributed by atoms with Gasteiger partial charge in [-0.2, -0.15) is 0 Å². The molecule has 0 radical (unpaired) electrons. The van der Waals surface area contributed by atoms with Crippen LogP contribution in [-0.2, 0) is 17.6 Å². The summed E-state index contributed by atoms with van der Waals surface area (Å²) in [5.74, 6) is 1.83. The van der Waals surface area contributed by atoms with E-state index in [1.54, 1.807) is 0 Å². The molecule has 7 nitrogen and oxygen atoms in total. The van der Waals surface area contributed by atoms with E-state index in [4.69, 9.17) is 4.74 Å². The first kappa shape index (κ1) is 21.9. The van der Waals surface area contributed by atoms with Gasteiger partial charge in [-0.05, 0) is 82.1 Å². The van der Waals surface area contributed by atoms with Gasteiger partial charge in [0.15, 0.2) is 0 Å². The molecule has 0 atom stereocenters. The minimum atomic E-state index is -0.930. The van der Waals surface area contributed by atoms with Crippen molar-refractivity contribution in [3.05, 3.63) is 23.3 Å². The standard InChI is InChI=1S/C24H35N3O4/c1-24(2,3)27(23(29)30)20-9-10-21(19-6-4-5-18(19)20)31-14-13-25-11-12-26(22(28)16-25)15-17-7-8-17/h9-10,17H,4-8,11-16H2,1-3H3,(H,29,30). The fraction of sp³-hybridized carbons (Fsp3) is 0.667. The fourth-order valence-electron chi connectivity index (χ4n) is 4.79. The SMILES string of the molecule is CC(C)(C)N(C(=O)O)c1ccc(OCCN2CCN(CC3CC3)C(=O)C2)c2c1CCC2. The van der Waals surface area contributed by atoms with Gasteiger partial charge in [0.2, 0.25) is 5.91 Å². The van der Waals surface area contributed by atoms with Gasteiger partial charge >= 0.3 is 6.09 Å². The number of piperazine rings is 1. The Kier molecular flexibility index (Phi) is 6.15. The van der Waals surface area contributed by atoms with Gasteiger partial charge in [0.05, 0.1) is 12.2 Å². The summed E-state index contributed by atoms with van der Waals surface area (Å²) in [5, 5.41) is 9.80. The molecular formula is C24H35N3O4. The molecule has 1 saturated carbocycles. The van der Waals surface area contributed by atoms with Gasteiger partial charge < -0.3 is 14.7 Å². The number of carboxylic acid groups (broad SMARTS) is 1. The number of rotatable bonds is 7. The molecule has 1 N–H and O–H groups in total. The van der Waals surface area contributed by atoms with Crippen molar-refractivity contribution in [2.45, 2.75) is 58.4 Å². The van der Waals surface area contributed by atoms with Gasteiger partial charge in [0.1, 0.15) is 12.4 Å². The molecule has 170 valence electrons. The number of hydrogen-bond donors (Lipinski definition) is 1. The van der Waals surface area contributed by atoms with Gasteiger partial charge in [-0.15, -0.1) is 0 Å². The van der Waals surface area contributed by atoms with Crippen molar-refractivity contribution in [3.8, 4) is 5.75 Å². The molecule has 2 aliphatic carbocycles. The summed E-state index contributed by atoms with van der Waals surface area (Å²) in [4.78, 5) is 30.0. The molecule has 2 fully saturated rings. The van der Waals surface area contributed by atoms with Crippen molar-refractivity contribution >= 4 is 17.7 Å². The number of amides is 2. The molecule has 1 aliphatic heterocycles. The Labute approximate surface area is 184 Å². The van der Waals surface area contributed by atoms with Crippen molar-refractivity contribution in [2.75, 3.05) is 44.2 Å². The second-order valence-corrected chi connectivity index (χ2v) is 10.1. The van der Waals surface area contributed by atoms with E-state index in [1.165, 1.54) is 17.7 Å². The lowest BCUT2D eigenvalue weighted by Crippen LogP contribution is -2.51. The maximum atomic E-state index is 12.4. The Bertz CT molecular complexity index is 844. The first-order valence-electron chi connectivity index (χ1n) is 11.5. The van der Waals surface area contributed by atoms with Crippen molar-refractivity contribution in [1.82, 2.24) is 9.80 Å². The normalized spacial score (nSPS) is 19.5. The Balaban J connectivity index is 1.37. The Hall–Kier alpha value is -2.28. The van der Waals surface area contributed by atoms with E-state index in [-0.39, 0.29) is 5.91 Å². The van der Waals surface area contributed by atoms with Crippen LogP contribution in [0.1, 0.15) is 51.2 Å². The van der Waals surface area contributed by atoms with Crippen LogP contribution in [0.3, 0.4) is 0 Å². The van der Waals surface area contributed by atoms with Gasteiger partial charge in [-0.1, -0.05) is 0 Å². The molecule has 1 heterocycles. The van der Waals surface area contributed by atoms with Crippen LogP contribution in [0.2, 0.25) is 0 Å². The van der Waals surface area contributed by atoms with E-state index >= 15 is 0 Å². The number of ether oxygens (including phenoxy) is 1. The van der Waals surface area contributed by atoms with Crippen LogP contribution in [0.25, 0.3) is 0 Å². The number of hydrogen-bond acceptors (Lipinski definition) is 4. The minimum Gasteiger partial charge on any atom is -0.492 e. The molecule has 1 saturated heterocycles. The lowest BCUT2D eigenvalue weighted by atomic mass is 10.0. The molecule has 2 amide bonds. The van der Waals surface area contributed by atoms with Gasteiger partial charge in [0.25, 0.3) is 0 Å². The topological polar surface area (TPSA) is 73.3 Å². The Morgan fingerprint density at radius 2 is 1.94 bits per heavy atom. The smallest absolute Gasteiger partial charge is 0.412 e. The van der Waals surface area contributed by atoms with E-state index in [0.29, 0.717) is 13.2 Å². The summed E-state index contributed by atoms with van der Waals surface area (Å²) in [6.45, 7) is 10.1. The average Bonchev–Trinajstić information content (AvgIpc) is 3.36. The van der Waals surface area contributed by atoms with Crippen LogP contribution in [0, 0.1) is 5.92 Å². The number of anilines is 1. The van der Waals surface area contributed by atoms with Crippen LogP contribution in [0.5, 0.6) is 5.75 Å². The maximum absolute atomic E-state index is 12.4. The van der Waals surface area contributed by atoms with Crippen LogP contribution in [-0.4, -0.2) is 71.8 Å². The summed E-state index contributed by atoms with van der Waals surface area (Å²) in [7, 11) is 0. The lowest BCUT2D eigenvalue weighted by molar-refractivity contribution is -0.136. The van der Waals surface area contributed by atoms with E-state index in [1.807, 2.05) is 37.8 Å². The van der Waals surface area contributed by atoms with E-state index in [9.17, 15) is 14.7 Å². The van der Waals surface area contributed by atoms with Crippen LogP contribution < -0.4 is 9.64 Å². The molecule has 1 aromatic carbocycles. The molecule has 0 unspecified atom stereocenters. The maximum Gasteiger partial charge on any atom is 0.412 e. The first-order valence-corrected chi connectivity index (χ1v) is 11.5. The summed E-state index contributed by atoms with van der Waals surface area (Å²) in [6.07, 6.45) is 4.40. The van der Waals surface area contributed by atoms with Crippen molar-refractivity contribution in [3.63, 3.8) is 0 Å². The molecule has 4 rings (SSSR count). The third-order valence-corrected chi connectivity index (χ3v) is 6.56. The summed E-state index contributed by atoms with van der Waals surface area (Å²) >= 11 is 0. The minimum absolute atomic E-state index is 0.235. The zero-order chi connectivity index (χ0) is 22.2. The number of nitrogens with zero attached hydrogens (tertiary/aromatic N) is 3. The molecule has 31 heavy (non-hydrogen) atoms. The number of benzene rings is 1. The molecule has 3 aliphatic rings. The quantitative estimate of drug-likeness (QED) is 0.719. The van der Waals surface area contributed by atoms with Crippen LogP contribution >= 0.6 is 0 Å². The average molecular weight is 430 g/mol.